The van der Waals surface area contributed by atoms with Crippen LogP contribution >= 0.6 is 0 Å². The Kier molecular flexibility index (Phi) is 3.90. The first-order valence-electron chi connectivity index (χ1n) is 8.58. The van der Waals surface area contributed by atoms with Gasteiger partial charge in [-0.2, -0.15) is 0 Å². The van der Waals surface area contributed by atoms with Crippen LogP contribution in [0.3, 0.4) is 0 Å². The molecule has 0 radical (unpaired) electrons. The molecule has 120 valence electrons. The lowest BCUT2D eigenvalue weighted by atomic mass is 10.0. The smallest absolute Gasteiger partial charge is 0.223 e. The second-order valence-electron chi connectivity index (χ2n) is 6.74. The molecule has 2 aliphatic rings. The fourth-order valence-electron chi connectivity index (χ4n) is 3.59. The van der Waals surface area contributed by atoms with Gasteiger partial charge in [0.2, 0.25) is 11.8 Å². The maximum absolute atomic E-state index is 12.2. The van der Waals surface area contributed by atoms with Gasteiger partial charge in [-0.3, -0.25) is 4.79 Å². The lowest BCUT2D eigenvalue weighted by Gasteiger charge is -2.39. The number of aromatic nitrogens is 1. The summed E-state index contributed by atoms with van der Waals surface area (Å²) in [5, 5.41) is 1.11. The van der Waals surface area contributed by atoms with Gasteiger partial charge in [-0.1, -0.05) is 31.0 Å². The van der Waals surface area contributed by atoms with Crippen LogP contribution in [0.4, 0.5) is 0 Å². The third kappa shape index (κ3) is 3.16. The molecule has 4 nitrogen and oxygen atoms in total. The summed E-state index contributed by atoms with van der Waals surface area (Å²) >= 11 is 0. The number of hydrogen-bond donors (Lipinski definition) is 0. The van der Waals surface area contributed by atoms with Gasteiger partial charge in [0.05, 0.1) is 18.6 Å². The summed E-state index contributed by atoms with van der Waals surface area (Å²) in [6, 6.07) is 11.9. The summed E-state index contributed by atoms with van der Waals surface area (Å²) in [6.07, 6.45) is 5.83. The zero-order valence-corrected chi connectivity index (χ0v) is 13.3. The Labute approximate surface area is 136 Å². The maximum atomic E-state index is 12.2. The molecule has 2 fully saturated rings. The summed E-state index contributed by atoms with van der Waals surface area (Å²) in [5.41, 5.74) is 0.943. The first-order valence-corrected chi connectivity index (χ1v) is 8.58. The Balaban J connectivity index is 1.30. The molecular formula is C19H22N2O2. The van der Waals surface area contributed by atoms with E-state index >= 15 is 0 Å². The number of rotatable bonds is 4. The standard InChI is InChI=1S/C19H22N2O2/c22-19(11-14-5-1-2-6-14)21-12-16(13-21)23-18-10-9-15-7-3-4-8-17(15)20-18/h3-4,7-10,14,16H,1-2,5-6,11-13H2. The van der Waals surface area contributed by atoms with Crippen molar-refractivity contribution in [1.29, 1.82) is 0 Å². The quantitative estimate of drug-likeness (QED) is 0.869. The van der Waals surface area contributed by atoms with E-state index in [9.17, 15) is 4.79 Å². The maximum Gasteiger partial charge on any atom is 0.223 e. The van der Waals surface area contributed by atoms with Crippen LogP contribution in [0, 0.1) is 5.92 Å². The van der Waals surface area contributed by atoms with Crippen molar-refractivity contribution in [2.45, 2.75) is 38.2 Å². The van der Waals surface area contributed by atoms with E-state index in [2.05, 4.69) is 4.98 Å². The molecule has 4 rings (SSSR count). The Morgan fingerprint density at radius 2 is 1.91 bits per heavy atom. The Morgan fingerprint density at radius 3 is 2.74 bits per heavy atom. The van der Waals surface area contributed by atoms with Gasteiger partial charge in [0.1, 0.15) is 6.10 Å². The van der Waals surface area contributed by atoms with E-state index in [0.29, 0.717) is 30.8 Å². The van der Waals surface area contributed by atoms with Gasteiger partial charge >= 0.3 is 0 Å². The lowest BCUT2D eigenvalue weighted by Crippen LogP contribution is -2.56. The second kappa shape index (κ2) is 6.19. The van der Waals surface area contributed by atoms with Crippen LogP contribution in [0.1, 0.15) is 32.1 Å². The summed E-state index contributed by atoms with van der Waals surface area (Å²) < 4.78 is 5.90. The molecule has 1 saturated heterocycles. The number of likely N-dealkylation sites (tertiary alicyclic amines) is 1. The Bertz CT molecular complexity index is 703. The van der Waals surface area contributed by atoms with Gasteiger partial charge in [-0.15, -0.1) is 0 Å². The van der Waals surface area contributed by atoms with Gasteiger partial charge in [0, 0.05) is 17.9 Å². The van der Waals surface area contributed by atoms with Crippen LogP contribution < -0.4 is 4.74 Å². The molecule has 0 N–H and O–H groups in total. The molecule has 1 aromatic heterocycles. The third-order valence-electron chi connectivity index (χ3n) is 5.00. The van der Waals surface area contributed by atoms with Crippen molar-refractivity contribution in [3.05, 3.63) is 36.4 Å². The molecule has 1 aliphatic carbocycles. The van der Waals surface area contributed by atoms with Crippen LogP contribution in [0.5, 0.6) is 5.88 Å². The van der Waals surface area contributed by atoms with Crippen molar-refractivity contribution < 1.29 is 9.53 Å². The number of hydrogen-bond acceptors (Lipinski definition) is 3. The molecule has 0 atom stereocenters. The first-order chi connectivity index (χ1) is 11.3. The van der Waals surface area contributed by atoms with Crippen LogP contribution in [0.25, 0.3) is 10.9 Å². The predicted octanol–water partition coefficient (Wildman–Crippen LogP) is 3.40. The normalized spacial score (nSPS) is 19.0. The number of fused-ring (bicyclic) bond motifs is 1. The van der Waals surface area contributed by atoms with E-state index in [1.54, 1.807) is 0 Å². The van der Waals surface area contributed by atoms with Crippen LogP contribution in [0.15, 0.2) is 36.4 Å². The Morgan fingerprint density at radius 1 is 1.13 bits per heavy atom. The van der Waals surface area contributed by atoms with Gasteiger partial charge < -0.3 is 9.64 Å². The number of amides is 1. The molecule has 23 heavy (non-hydrogen) atoms. The topological polar surface area (TPSA) is 42.4 Å². The molecule has 2 heterocycles. The van der Waals surface area contributed by atoms with Crippen molar-refractivity contribution in [3.8, 4) is 5.88 Å². The number of benzene rings is 1. The van der Waals surface area contributed by atoms with Gasteiger partial charge in [-0.25, -0.2) is 4.98 Å². The minimum Gasteiger partial charge on any atom is -0.471 e. The van der Waals surface area contributed by atoms with Crippen molar-refractivity contribution in [1.82, 2.24) is 9.88 Å². The van der Waals surface area contributed by atoms with E-state index < -0.39 is 0 Å². The van der Waals surface area contributed by atoms with Crippen molar-refractivity contribution in [3.63, 3.8) is 0 Å². The highest BCUT2D eigenvalue weighted by Crippen LogP contribution is 2.29. The van der Waals surface area contributed by atoms with Crippen molar-refractivity contribution in [2.75, 3.05) is 13.1 Å². The van der Waals surface area contributed by atoms with Crippen LogP contribution in [-0.2, 0) is 4.79 Å². The third-order valence-corrected chi connectivity index (χ3v) is 5.00. The van der Waals surface area contributed by atoms with Crippen molar-refractivity contribution in [2.24, 2.45) is 5.92 Å². The molecule has 0 spiro atoms. The average molecular weight is 310 g/mol. The SMILES string of the molecule is O=C(CC1CCCC1)N1CC(Oc2ccc3ccccc3n2)C1. The molecule has 1 aromatic carbocycles. The molecule has 1 saturated carbocycles. The van der Waals surface area contributed by atoms with E-state index in [4.69, 9.17) is 4.74 Å². The Hall–Kier alpha value is -2.10. The first kappa shape index (κ1) is 14.5. The monoisotopic (exact) mass is 310 g/mol. The summed E-state index contributed by atoms with van der Waals surface area (Å²) in [5.74, 6) is 1.56. The van der Waals surface area contributed by atoms with Gasteiger partial charge in [-0.05, 0) is 30.9 Å². The lowest BCUT2D eigenvalue weighted by molar-refractivity contribution is -0.141. The van der Waals surface area contributed by atoms with Gasteiger partial charge in [0.15, 0.2) is 0 Å². The van der Waals surface area contributed by atoms with Gasteiger partial charge in [0.25, 0.3) is 0 Å². The zero-order chi connectivity index (χ0) is 15.6. The number of pyridine rings is 1. The average Bonchev–Trinajstić information content (AvgIpc) is 3.03. The highest BCUT2D eigenvalue weighted by molar-refractivity contribution is 5.79. The number of para-hydroxylation sites is 1. The minimum absolute atomic E-state index is 0.0798. The number of carbonyl (C=O) groups is 1. The molecule has 0 unspecified atom stereocenters. The summed E-state index contributed by atoms with van der Waals surface area (Å²) in [4.78, 5) is 18.7. The highest BCUT2D eigenvalue weighted by atomic mass is 16.5. The van der Waals surface area contributed by atoms with Crippen LogP contribution in [-0.4, -0.2) is 35.0 Å². The summed E-state index contributed by atoms with van der Waals surface area (Å²) in [7, 11) is 0. The molecule has 2 aromatic rings. The number of carbonyl (C=O) groups excluding carboxylic acids is 1. The second-order valence-corrected chi connectivity index (χ2v) is 6.74. The fraction of sp³-hybridized carbons (Fsp3) is 0.474. The highest BCUT2D eigenvalue weighted by Gasteiger charge is 2.33. The number of ether oxygens (including phenoxy) is 1. The zero-order valence-electron chi connectivity index (χ0n) is 13.3. The van der Waals surface area contributed by atoms with Crippen molar-refractivity contribution >= 4 is 16.8 Å². The largest absolute Gasteiger partial charge is 0.471 e. The molecular weight excluding hydrogens is 288 g/mol. The van der Waals surface area contributed by atoms with E-state index in [1.165, 1.54) is 25.7 Å². The van der Waals surface area contributed by atoms with E-state index in [1.807, 2.05) is 41.3 Å². The number of nitrogens with zero attached hydrogens (tertiary/aromatic N) is 2. The van der Waals surface area contributed by atoms with Crippen LogP contribution in [0.2, 0.25) is 0 Å². The summed E-state index contributed by atoms with van der Waals surface area (Å²) in [6.45, 7) is 1.39. The van der Waals surface area contributed by atoms with E-state index in [0.717, 1.165) is 17.3 Å². The van der Waals surface area contributed by atoms with E-state index in [-0.39, 0.29) is 6.10 Å². The fourth-order valence-corrected chi connectivity index (χ4v) is 3.59. The molecule has 1 amide bonds. The molecule has 0 bridgehead atoms. The predicted molar refractivity (Wildman–Crippen MR) is 89.3 cm³/mol. The minimum atomic E-state index is 0.0798. The molecule has 4 heteroatoms. The molecule has 1 aliphatic heterocycles.